The maximum Gasteiger partial charge on any atom is 0.422 e. The van der Waals surface area contributed by atoms with E-state index in [2.05, 4.69) is 14.8 Å². The molecule has 2 rings (SSSR count). The number of hydrogen-bond acceptors (Lipinski definition) is 5. The SMILES string of the molecule is COC(=O)NS(=O)(=O)Nc1cccc2c1CCCN2. The third-order valence-corrected chi connectivity index (χ3v) is 3.67. The second-order valence-electron chi connectivity index (χ2n) is 4.06. The zero-order valence-electron chi connectivity index (χ0n) is 10.4. The van der Waals surface area contributed by atoms with Crippen molar-refractivity contribution >= 4 is 27.7 Å². The lowest BCUT2D eigenvalue weighted by Gasteiger charge is -2.21. The Kier molecular flexibility index (Phi) is 3.79. The summed E-state index contributed by atoms with van der Waals surface area (Å²) in [4.78, 5) is 10.9. The molecular formula is C11H15N3O4S. The average Bonchev–Trinajstić information content (AvgIpc) is 2.38. The van der Waals surface area contributed by atoms with Gasteiger partial charge in [-0.3, -0.25) is 4.72 Å². The quantitative estimate of drug-likeness (QED) is 0.771. The number of ether oxygens (including phenoxy) is 1. The Hall–Kier alpha value is -1.96. The molecular weight excluding hydrogens is 270 g/mol. The van der Waals surface area contributed by atoms with Crippen molar-refractivity contribution in [2.24, 2.45) is 0 Å². The van der Waals surface area contributed by atoms with Crippen LogP contribution in [-0.4, -0.2) is 28.2 Å². The molecule has 0 bridgehead atoms. The van der Waals surface area contributed by atoms with Gasteiger partial charge >= 0.3 is 16.3 Å². The lowest BCUT2D eigenvalue weighted by atomic mass is 10.0. The van der Waals surface area contributed by atoms with Gasteiger partial charge in [-0.2, -0.15) is 8.42 Å². The molecule has 0 atom stereocenters. The summed E-state index contributed by atoms with van der Waals surface area (Å²) in [6.45, 7) is 0.865. The maximum atomic E-state index is 11.7. The van der Waals surface area contributed by atoms with Crippen LogP contribution in [0.5, 0.6) is 0 Å². The molecule has 0 fully saturated rings. The van der Waals surface area contributed by atoms with Gasteiger partial charge in [-0.05, 0) is 30.5 Å². The predicted molar refractivity (Wildman–Crippen MR) is 71.3 cm³/mol. The van der Waals surface area contributed by atoms with Crippen LogP contribution in [0.1, 0.15) is 12.0 Å². The smallest absolute Gasteiger partial charge is 0.422 e. The standard InChI is InChI=1S/C11H15N3O4S/c1-18-11(15)14-19(16,17)13-10-6-2-5-9-8(10)4-3-7-12-9/h2,5-6,12-13H,3-4,7H2,1H3,(H,14,15). The first-order valence-corrected chi connectivity index (χ1v) is 7.24. The van der Waals surface area contributed by atoms with Gasteiger partial charge in [-0.25, -0.2) is 9.52 Å². The van der Waals surface area contributed by atoms with E-state index >= 15 is 0 Å². The number of nitrogens with one attached hydrogen (secondary N) is 3. The highest BCUT2D eigenvalue weighted by atomic mass is 32.2. The Morgan fingerprint density at radius 1 is 1.42 bits per heavy atom. The van der Waals surface area contributed by atoms with E-state index < -0.39 is 16.3 Å². The fourth-order valence-corrected chi connectivity index (χ4v) is 2.76. The fourth-order valence-electron chi connectivity index (χ4n) is 1.93. The van der Waals surface area contributed by atoms with Crippen LogP contribution in [0.15, 0.2) is 18.2 Å². The van der Waals surface area contributed by atoms with Gasteiger partial charge in [0.1, 0.15) is 0 Å². The molecule has 0 radical (unpaired) electrons. The molecule has 0 aromatic heterocycles. The summed E-state index contributed by atoms with van der Waals surface area (Å²) in [5.41, 5.74) is 2.26. The number of carbonyl (C=O) groups excluding carboxylic acids is 1. The largest absolute Gasteiger partial charge is 0.452 e. The Morgan fingerprint density at radius 3 is 2.95 bits per heavy atom. The minimum atomic E-state index is -3.98. The molecule has 7 nitrogen and oxygen atoms in total. The number of methoxy groups -OCH3 is 1. The molecule has 1 aromatic carbocycles. The predicted octanol–water partition coefficient (Wildman–Crippen LogP) is 1.06. The summed E-state index contributed by atoms with van der Waals surface area (Å²) in [6, 6.07) is 5.29. The molecule has 104 valence electrons. The second kappa shape index (κ2) is 5.35. The third-order valence-electron chi connectivity index (χ3n) is 2.74. The van der Waals surface area contributed by atoms with Crippen molar-refractivity contribution < 1.29 is 17.9 Å². The third kappa shape index (κ3) is 3.28. The second-order valence-corrected chi connectivity index (χ2v) is 5.48. The monoisotopic (exact) mass is 285 g/mol. The van der Waals surface area contributed by atoms with Gasteiger partial charge in [0.15, 0.2) is 0 Å². The number of anilines is 2. The van der Waals surface area contributed by atoms with Crippen molar-refractivity contribution in [3.05, 3.63) is 23.8 Å². The van der Waals surface area contributed by atoms with E-state index in [9.17, 15) is 13.2 Å². The summed E-state index contributed by atoms with van der Waals surface area (Å²) < 4.78 is 31.8. The minimum Gasteiger partial charge on any atom is -0.452 e. The van der Waals surface area contributed by atoms with Gasteiger partial charge in [-0.15, -0.1) is 0 Å². The van der Waals surface area contributed by atoms with Crippen LogP contribution in [0.4, 0.5) is 16.2 Å². The molecule has 0 aliphatic carbocycles. The summed E-state index contributed by atoms with van der Waals surface area (Å²) in [7, 11) is -2.89. The summed E-state index contributed by atoms with van der Waals surface area (Å²) in [5.74, 6) is 0. The molecule has 0 spiro atoms. The zero-order valence-corrected chi connectivity index (χ0v) is 11.2. The van der Waals surface area contributed by atoms with Crippen LogP contribution >= 0.6 is 0 Å². The highest BCUT2D eigenvalue weighted by Crippen LogP contribution is 2.29. The van der Waals surface area contributed by atoms with Crippen molar-refractivity contribution in [2.75, 3.05) is 23.7 Å². The topological polar surface area (TPSA) is 96.5 Å². The fraction of sp³-hybridized carbons (Fsp3) is 0.364. The molecule has 8 heteroatoms. The van der Waals surface area contributed by atoms with Gasteiger partial charge in [0, 0.05) is 12.2 Å². The number of fused-ring (bicyclic) bond motifs is 1. The highest BCUT2D eigenvalue weighted by molar-refractivity contribution is 7.91. The highest BCUT2D eigenvalue weighted by Gasteiger charge is 2.18. The Labute approximate surface area is 111 Å². The van der Waals surface area contributed by atoms with Crippen molar-refractivity contribution in [1.29, 1.82) is 0 Å². The molecule has 1 aromatic rings. The van der Waals surface area contributed by atoms with E-state index in [-0.39, 0.29) is 0 Å². The van der Waals surface area contributed by atoms with Crippen molar-refractivity contribution in [3.8, 4) is 0 Å². The molecule has 0 unspecified atom stereocenters. The van der Waals surface area contributed by atoms with E-state index in [1.165, 1.54) is 0 Å². The molecule has 1 heterocycles. The van der Waals surface area contributed by atoms with E-state index in [0.717, 1.165) is 37.7 Å². The van der Waals surface area contributed by atoms with E-state index in [1.54, 1.807) is 16.9 Å². The van der Waals surface area contributed by atoms with Gasteiger partial charge in [-0.1, -0.05) is 6.07 Å². The van der Waals surface area contributed by atoms with E-state index in [4.69, 9.17) is 0 Å². The van der Waals surface area contributed by atoms with Crippen LogP contribution in [0.2, 0.25) is 0 Å². The molecule has 19 heavy (non-hydrogen) atoms. The van der Waals surface area contributed by atoms with E-state index in [1.807, 2.05) is 6.07 Å². The minimum absolute atomic E-state index is 0.459. The van der Waals surface area contributed by atoms with Crippen LogP contribution in [0.3, 0.4) is 0 Å². The lowest BCUT2D eigenvalue weighted by Crippen LogP contribution is -2.35. The van der Waals surface area contributed by atoms with Crippen LogP contribution < -0.4 is 14.8 Å². The zero-order chi connectivity index (χ0) is 13.9. The maximum absolute atomic E-state index is 11.7. The molecule has 1 aliphatic heterocycles. The summed E-state index contributed by atoms with van der Waals surface area (Å²) >= 11 is 0. The Balaban J connectivity index is 2.22. The van der Waals surface area contributed by atoms with Crippen molar-refractivity contribution in [1.82, 2.24) is 4.72 Å². The van der Waals surface area contributed by atoms with Crippen LogP contribution in [-0.2, 0) is 21.4 Å². The summed E-state index contributed by atoms with van der Waals surface area (Å²) in [5, 5.41) is 3.19. The first-order valence-electron chi connectivity index (χ1n) is 5.76. The Bertz CT molecular complexity index is 586. The molecule has 3 N–H and O–H groups in total. The molecule has 0 saturated heterocycles. The average molecular weight is 285 g/mol. The number of amides is 1. The van der Waals surface area contributed by atoms with E-state index in [0.29, 0.717) is 5.69 Å². The number of hydrogen-bond donors (Lipinski definition) is 3. The van der Waals surface area contributed by atoms with Crippen LogP contribution in [0.25, 0.3) is 0 Å². The number of carbonyl (C=O) groups is 1. The van der Waals surface area contributed by atoms with Gasteiger partial charge in [0.25, 0.3) is 0 Å². The number of benzene rings is 1. The Morgan fingerprint density at radius 2 is 2.21 bits per heavy atom. The lowest BCUT2D eigenvalue weighted by molar-refractivity contribution is 0.177. The number of rotatable bonds is 3. The van der Waals surface area contributed by atoms with Gasteiger partial charge in [0.05, 0.1) is 12.8 Å². The molecule has 1 amide bonds. The molecule has 1 aliphatic rings. The van der Waals surface area contributed by atoms with Crippen LogP contribution in [0, 0.1) is 0 Å². The molecule has 0 saturated carbocycles. The van der Waals surface area contributed by atoms with Crippen molar-refractivity contribution in [2.45, 2.75) is 12.8 Å². The van der Waals surface area contributed by atoms with Crippen molar-refractivity contribution in [3.63, 3.8) is 0 Å². The van der Waals surface area contributed by atoms with Gasteiger partial charge in [0.2, 0.25) is 0 Å². The first kappa shape index (κ1) is 13.5. The normalized spacial score (nSPS) is 13.9. The van der Waals surface area contributed by atoms with Gasteiger partial charge < -0.3 is 10.1 Å². The summed E-state index contributed by atoms with van der Waals surface area (Å²) in [6.07, 6.45) is 0.672. The first-order chi connectivity index (χ1) is 9.02.